The Morgan fingerprint density at radius 2 is 1.66 bits per heavy atom. The van der Waals surface area contributed by atoms with Crippen LogP contribution in [0, 0.1) is 5.82 Å². The van der Waals surface area contributed by atoms with Crippen LogP contribution in [0.3, 0.4) is 0 Å². The van der Waals surface area contributed by atoms with Crippen LogP contribution in [0.25, 0.3) is 10.1 Å². The minimum Gasteiger partial charge on any atom is -0.380 e. The van der Waals surface area contributed by atoms with Crippen LogP contribution in [-0.2, 0) is 21.6 Å². The highest BCUT2D eigenvalue weighted by atomic mass is 32.1. The maximum Gasteiger partial charge on any atom is 0.264 e. The lowest BCUT2D eigenvalue weighted by Gasteiger charge is -2.38. The molecule has 0 saturated carbocycles. The number of halogens is 1. The smallest absolute Gasteiger partial charge is 0.264 e. The molecule has 7 heteroatoms. The van der Waals surface area contributed by atoms with Crippen molar-refractivity contribution in [1.82, 2.24) is 9.80 Å². The summed E-state index contributed by atoms with van der Waals surface area (Å²) in [6.45, 7) is 5.87. The van der Waals surface area contributed by atoms with Crippen molar-refractivity contribution in [3.05, 3.63) is 70.4 Å². The molecular formula is C25H27FN2O3S. The second kappa shape index (κ2) is 9.00. The van der Waals surface area contributed by atoms with Crippen LogP contribution in [0.5, 0.6) is 0 Å². The summed E-state index contributed by atoms with van der Waals surface area (Å²) in [6.07, 6.45) is 0. The van der Waals surface area contributed by atoms with Gasteiger partial charge < -0.3 is 14.5 Å². The molecule has 4 rings (SSSR count). The third-order valence-electron chi connectivity index (χ3n) is 6.13. The van der Waals surface area contributed by atoms with E-state index < -0.39 is 5.41 Å². The predicted molar refractivity (Wildman–Crippen MR) is 124 cm³/mol. The molecule has 1 fully saturated rings. The van der Waals surface area contributed by atoms with Crippen LogP contribution < -0.4 is 0 Å². The summed E-state index contributed by atoms with van der Waals surface area (Å²) in [7, 11) is 1.54. The number of ether oxygens (including phenoxy) is 1. The molecule has 3 aromatic rings. The van der Waals surface area contributed by atoms with Gasteiger partial charge in [-0.05, 0) is 31.5 Å². The summed E-state index contributed by atoms with van der Waals surface area (Å²) in [4.78, 5) is 30.6. The molecule has 5 nitrogen and oxygen atoms in total. The van der Waals surface area contributed by atoms with Crippen LogP contribution in [-0.4, -0.2) is 54.9 Å². The number of fused-ring (bicyclic) bond motifs is 1. The first-order valence-corrected chi connectivity index (χ1v) is 11.5. The summed E-state index contributed by atoms with van der Waals surface area (Å²) in [6, 6.07) is 14.6. The first-order chi connectivity index (χ1) is 15.3. The molecule has 0 aliphatic carbocycles. The fourth-order valence-electron chi connectivity index (χ4n) is 4.25. The van der Waals surface area contributed by atoms with Crippen molar-refractivity contribution < 1.29 is 18.7 Å². The standard InChI is InChI=1S/C25H27FN2O3S/c1-25(2,17-8-5-4-6-9-17)24(30)28-14-12-27(13-15-28)23(29)22-18(16-31-3)21-19(26)10-7-11-20(21)32-22/h4-11H,12-16H2,1-3H3. The number of hydrogen-bond donors (Lipinski definition) is 0. The van der Waals surface area contributed by atoms with E-state index >= 15 is 0 Å². The monoisotopic (exact) mass is 454 g/mol. The third kappa shape index (κ3) is 4.02. The average Bonchev–Trinajstić information content (AvgIpc) is 3.18. The number of piperazine rings is 1. The molecule has 0 radical (unpaired) electrons. The molecule has 0 N–H and O–H groups in total. The number of amides is 2. The Morgan fingerprint density at radius 3 is 2.31 bits per heavy atom. The van der Waals surface area contributed by atoms with Crippen LogP contribution in [0.4, 0.5) is 4.39 Å². The maximum atomic E-state index is 14.5. The van der Waals surface area contributed by atoms with Gasteiger partial charge in [-0.2, -0.15) is 0 Å². The van der Waals surface area contributed by atoms with E-state index in [0.717, 1.165) is 10.3 Å². The molecule has 2 amide bonds. The van der Waals surface area contributed by atoms with E-state index in [2.05, 4.69) is 0 Å². The van der Waals surface area contributed by atoms with Crippen molar-refractivity contribution >= 4 is 33.2 Å². The SMILES string of the molecule is COCc1c(C(=O)N2CCN(C(=O)C(C)(C)c3ccccc3)CC2)sc2cccc(F)c12. The van der Waals surface area contributed by atoms with E-state index in [1.807, 2.05) is 55.1 Å². The predicted octanol–water partition coefficient (Wildman–Crippen LogP) is 4.45. The van der Waals surface area contributed by atoms with Crippen LogP contribution >= 0.6 is 11.3 Å². The molecule has 32 heavy (non-hydrogen) atoms. The second-order valence-corrected chi connectivity index (χ2v) is 9.58. The number of nitrogens with zero attached hydrogens (tertiary/aromatic N) is 2. The molecule has 0 unspecified atom stereocenters. The van der Waals surface area contributed by atoms with Gasteiger partial charge in [-0.1, -0.05) is 36.4 Å². The Morgan fingerprint density at radius 1 is 1.00 bits per heavy atom. The number of thiophene rings is 1. The minimum atomic E-state index is -0.637. The molecule has 0 atom stereocenters. The highest BCUT2D eigenvalue weighted by Gasteiger charge is 2.36. The first-order valence-electron chi connectivity index (χ1n) is 10.7. The lowest BCUT2D eigenvalue weighted by Crippen LogP contribution is -2.54. The van der Waals surface area contributed by atoms with Gasteiger partial charge in [0.1, 0.15) is 5.82 Å². The van der Waals surface area contributed by atoms with Gasteiger partial charge >= 0.3 is 0 Å². The Labute approximate surface area is 191 Å². The minimum absolute atomic E-state index is 0.0554. The van der Waals surface area contributed by atoms with Gasteiger partial charge in [0.2, 0.25) is 5.91 Å². The number of hydrogen-bond acceptors (Lipinski definition) is 4. The zero-order chi connectivity index (χ0) is 22.9. The Bertz CT molecular complexity index is 1130. The summed E-state index contributed by atoms with van der Waals surface area (Å²) in [5.41, 5.74) is 0.932. The number of carbonyl (C=O) groups excluding carboxylic acids is 2. The molecule has 1 aliphatic rings. The molecule has 2 heterocycles. The van der Waals surface area contributed by atoms with Crippen molar-refractivity contribution in [2.45, 2.75) is 25.9 Å². The number of methoxy groups -OCH3 is 1. The average molecular weight is 455 g/mol. The van der Waals surface area contributed by atoms with E-state index in [1.54, 1.807) is 11.0 Å². The number of rotatable bonds is 5. The topological polar surface area (TPSA) is 49.9 Å². The van der Waals surface area contributed by atoms with Crippen LogP contribution in [0.2, 0.25) is 0 Å². The normalized spacial score (nSPS) is 14.8. The quantitative estimate of drug-likeness (QED) is 0.572. The fourth-order valence-corrected chi connectivity index (χ4v) is 5.44. The lowest BCUT2D eigenvalue weighted by molar-refractivity contribution is -0.137. The van der Waals surface area contributed by atoms with E-state index in [9.17, 15) is 14.0 Å². The zero-order valence-electron chi connectivity index (χ0n) is 18.6. The van der Waals surface area contributed by atoms with Crippen LogP contribution in [0.15, 0.2) is 48.5 Å². The molecule has 1 saturated heterocycles. The zero-order valence-corrected chi connectivity index (χ0v) is 19.4. The van der Waals surface area contributed by atoms with Crippen molar-refractivity contribution in [3.63, 3.8) is 0 Å². The van der Waals surface area contributed by atoms with Crippen LogP contribution in [0.1, 0.15) is 34.6 Å². The maximum absolute atomic E-state index is 14.5. The summed E-state index contributed by atoms with van der Waals surface area (Å²) >= 11 is 1.30. The highest BCUT2D eigenvalue weighted by Crippen LogP contribution is 2.35. The third-order valence-corrected chi connectivity index (χ3v) is 7.32. The van der Waals surface area contributed by atoms with Gasteiger partial charge in [0.25, 0.3) is 5.91 Å². The van der Waals surface area contributed by atoms with Gasteiger partial charge in [0.15, 0.2) is 0 Å². The summed E-state index contributed by atoms with van der Waals surface area (Å²) in [5.74, 6) is -0.421. The molecule has 0 spiro atoms. The van der Waals surface area contributed by atoms with Crippen molar-refractivity contribution in [1.29, 1.82) is 0 Å². The molecule has 1 aliphatic heterocycles. The number of benzene rings is 2. The molecule has 0 bridgehead atoms. The molecule has 168 valence electrons. The molecular weight excluding hydrogens is 427 g/mol. The Kier molecular flexibility index (Phi) is 6.31. The molecule has 2 aromatic carbocycles. The van der Waals surface area contributed by atoms with Gasteiger partial charge in [0.05, 0.1) is 16.9 Å². The van der Waals surface area contributed by atoms with Crippen molar-refractivity contribution in [2.75, 3.05) is 33.3 Å². The van der Waals surface area contributed by atoms with Gasteiger partial charge in [-0.25, -0.2) is 4.39 Å². The van der Waals surface area contributed by atoms with Crippen molar-refractivity contribution in [2.24, 2.45) is 0 Å². The molecule has 1 aromatic heterocycles. The van der Waals surface area contributed by atoms with E-state index in [1.165, 1.54) is 24.5 Å². The van der Waals surface area contributed by atoms with Gasteiger partial charge in [0, 0.05) is 48.9 Å². The second-order valence-electron chi connectivity index (χ2n) is 8.53. The Balaban J connectivity index is 1.50. The summed E-state index contributed by atoms with van der Waals surface area (Å²) in [5, 5.41) is 0.459. The van der Waals surface area contributed by atoms with Crippen molar-refractivity contribution in [3.8, 4) is 0 Å². The fraction of sp³-hybridized carbons (Fsp3) is 0.360. The van der Waals surface area contributed by atoms with E-state index in [-0.39, 0.29) is 24.2 Å². The Hall–Kier alpha value is -2.77. The van der Waals surface area contributed by atoms with E-state index in [0.29, 0.717) is 42.0 Å². The largest absolute Gasteiger partial charge is 0.380 e. The summed E-state index contributed by atoms with van der Waals surface area (Å²) < 4.78 is 20.5. The highest BCUT2D eigenvalue weighted by molar-refractivity contribution is 7.21. The van der Waals surface area contributed by atoms with E-state index in [4.69, 9.17) is 4.74 Å². The first kappa shape index (κ1) is 22.4. The van der Waals surface area contributed by atoms with Gasteiger partial charge in [-0.3, -0.25) is 9.59 Å². The number of carbonyl (C=O) groups is 2. The van der Waals surface area contributed by atoms with Gasteiger partial charge in [-0.15, -0.1) is 11.3 Å². The lowest BCUT2D eigenvalue weighted by atomic mass is 9.83.